The number of ether oxygens (including phenoxy) is 1. The lowest BCUT2D eigenvalue weighted by atomic mass is 10.00. The van der Waals surface area contributed by atoms with Crippen LogP contribution < -0.4 is 5.32 Å². The van der Waals surface area contributed by atoms with Gasteiger partial charge in [-0.2, -0.15) is 0 Å². The molecule has 0 aliphatic heterocycles. The number of carbonyl (C=O) groups excluding carboxylic acids is 2. The summed E-state index contributed by atoms with van der Waals surface area (Å²) in [5, 5.41) is 7.60. The smallest absolute Gasteiger partial charge is 0.339 e. The maximum Gasteiger partial charge on any atom is 0.339 e. The standard InChI is InChI=1S/C21H17ClN2O4/c1-27-19(25)15-4-2-3-5-16(15)23-20(26)21(10-11-21)18-12-17(28-24-18)13-6-8-14(22)9-7-13/h2-9,12H,10-11H2,1H3,(H,23,26). The zero-order chi connectivity index (χ0) is 19.7. The number of esters is 1. The summed E-state index contributed by atoms with van der Waals surface area (Å²) in [7, 11) is 1.30. The monoisotopic (exact) mass is 396 g/mol. The summed E-state index contributed by atoms with van der Waals surface area (Å²) < 4.78 is 10.2. The van der Waals surface area contributed by atoms with Crippen molar-refractivity contribution < 1.29 is 18.8 Å². The third-order valence-electron chi connectivity index (χ3n) is 4.89. The Morgan fingerprint density at radius 1 is 1.14 bits per heavy atom. The molecule has 1 N–H and O–H groups in total. The predicted octanol–water partition coefficient (Wildman–Crippen LogP) is 4.45. The van der Waals surface area contributed by atoms with E-state index >= 15 is 0 Å². The second-order valence-corrected chi connectivity index (χ2v) is 7.09. The van der Waals surface area contributed by atoms with Crippen molar-refractivity contribution in [2.75, 3.05) is 12.4 Å². The first-order valence-corrected chi connectivity index (χ1v) is 9.13. The molecule has 1 aromatic heterocycles. The van der Waals surface area contributed by atoms with Crippen LogP contribution in [0.3, 0.4) is 0 Å². The van der Waals surface area contributed by atoms with Gasteiger partial charge in [0.1, 0.15) is 0 Å². The summed E-state index contributed by atoms with van der Waals surface area (Å²) in [6, 6.07) is 15.7. The van der Waals surface area contributed by atoms with Crippen LogP contribution in [0.25, 0.3) is 11.3 Å². The predicted molar refractivity (Wildman–Crippen MR) is 104 cm³/mol. The quantitative estimate of drug-likeness (QED) is 0.644. The van der Waals surface area contributed by atoms with Crippen LogP contribution in [0, 0.1) is 0 Å². The Morgan fingerprint density at radius 2 is 1.86 bits per heavy atom. The lowest BCUT2D eigenvalue weighted by molar-refractivity contribution is -0.118. The molecule has 1 amide bonds. The van der Waals surface area contributed by atoms with Crippen molar-refractivity contribution in [2.24, 2.45) is 0 Å². The molecule has 1 fully saturated rings. The molecule has 0 spiro atoms. The number of benzene rings is 2. The lowest BCUT2D eigenvalue weighted by Gasteiger charge is -2.14. The first-order valence-electron chi connectivity index (χ1n) is 8.75. The third kappa shape index (κ3) is 3.27. The maximum atomic E-state index is 13.0. The molecule has 4 rings (SSSR count). The van der Waals surface area contributed by atoms with Crippen molar-refractivity contribution in [3.8, 4) is 11.3 Å². The van der Waals surface area contributed by atoms with Crippen LogP contribution in [0.15, 0.2) is 59.1 Å². The van der Waals surface area contributed by atoms with Crippen LogP contribution in [-0.4, -0.2) is 24.1 Å². The van der Waals surface area contributed by atoms with E-state index in [9.17, 15) is 9.59 Å². The van der Waals surface area contributed by atoms with Crippen molar-refractivity contribution >= 4 is 29.2 Å². The number of aromatic nitrogens is 1. The molecular formula is C21H17ClN2O4. The number of methoxy groups -OCH3 is 1. The van der Waals surface area contributed by atoms with Gasteiger partial charge >= 0.3 is 5.97 Å². The van der Waals surface area contributed by atoms with Crippen LogP contribution >= 0.6 is 11.6 Å². The summed E-state index contributed by atoms with van der Waals surface area (Å²) >= 11 is 5.92. The Hall–Kier alpha value is -3.12. The fourth-order valence-electron chi connectivity index (χ4n) is 3.10. The molecule has 28 heavy (non-hydrogen) atoms. The van der Waals surface area contributed by atoms with E-state index in [1.165, 1.54) is 7.11 Å². The zero-order valence-electron chi connectivity index (χ0n) is 15.1. The normalized spacial score (nSPS) is 14.4. The highest BCUT2D eigenvalue weighted by Crippen LogP contribution is 2.49. The number of nitrogens with zero attached hydrogens (tertiary/aromatic N) is 1. The topological polar surface area (TPSA) is 81.4 Å². The van der Waals surface area contributed by atoms with E-state index < -0.39 is 11.4 Å². The zero-order valence-corrected chi connectivity index (χ0v) is 15.8. The van der Waals surface area contributed by atoms with E-state index in [0.29, 0.717) is 40.6 Å². The summed E-state index contributed by atoms with van der Waals surface area (Å²) in [6.07, 6.45) is 1.32. The average molecular weight is 397 g/mol. The van der Waals surface area contributed by atoms with Gasteiger partial charge in [-0.15, -0.1) is 0 Å². The number of anilines is 1. The third-order valence-corrected chi connectivity index (χ3v) is 5.15. The summed E-state index contributed by atoms with van der Waals surface area (Å²) in [5.74, 6) is -0.160. The molecule has 0 radical (unpaired) electrons. The van der Waals surface area contributed by atoms with Crippen LogP contribution in [-0.2, 0) is 14.9 Å². The Labute approximate surface area is 166 Å². The Kier molecular flexibility index (Phi) is 4.65. The minimum atomic E-state index is -0.753. The fraction of sp³-hybridized carbons (Fsp3) is 0.190. The van der Waals surface area contributed by atoms with E-state index in [1.807, 2.05) is 12.1 Å². The van der Waals surface area contributed by atoms with Gasteiger partial charge in [-0.3, -0.25) is 4.79 Å². The molecule has 0 saturated heterocycles. The molecule has 0 atom stereocenters. The second-order valence-electron chi connectivity index (χ2n) is 6.66. The van der Waals surface area contributed by atoms with Gasteiger partial charge in [0.25, 0.3) is 0 Å². The van der Waals surface area contributed by atoms with E-state index in [1.54, 1.807) is 42.5 Å². The van der Waals surface area contributed by atoms with Crippen molar-refractivity contribution in [1.29, 1.82) is 0 Å². The molecule has 1 saturated carbocycles. The van der Waals surface area contributed by atoms with E-state index in [-0.39, 0.29) is 5.91 Å². The van der Waals surface area contributed by atoms with E-state index in [0.717, 1.165) is 5.56 Å². The van der Waals surface area contributed by atoms with Gasteiger partial charge in [-0.1, -0.05) is 28.9 Å². The summed E-state index contributed by atoms with van der Waals surface area (Å²) in [4.78, 5) is 24.9. The minimum Gasteiger partial charge on any atom is -0.465 e. The van der Waals surface area contributed by atoms with Crippen molar-refractivity contribution in [2.45, 2.75) is 18.3 Å². The van der Waals surface area contributed by atoms with Crippen molar-refractivity contribution in [3.63, 3.8) is 0 Å². The van der Waals surface area contributed by atoms with E-state index in [4.69, 9.17) is 20.9 Å². The summed E-state index contributed by atoms with van der Waals surface area (Å²) in [5.41, 5.74) is 1.36. The number of halogens is 1. The molecule has 2 aromatic carbocycles. The highest BCUT2D eigenvalue weighted by Gasteiger charge is 2.54. The molecule has 1 aliphatic rings. The SMILES string of the molecule is COC(=O)c1ccccc1NC(=O)C1(c2cc(-c3ccc(Cl)cc3)on2)CC1. The van der Waals surface area contributed by atoms with Crippen molar-refractivity contribution in [3.05, 3.63) is 70.9 Å². The first-order chi connectivity index (χ1) is 13.5. The Bertz CT molecular complexity index is 1040. The number of carbonyl (C=O) groups is 2. The van der Waals surface area contributed by atoms with Crippen LogP contribution in [0.1, 0.15) is 28.9 Å². The second kappa shape index (κ2) is 7.13. The average Bonchev–Trinajstić information content (AvgIpc) is 3.38. The molecule has 0 bridgehead atoms. The van der Waals surface area contributed by atoms with Gasteiger partial charge in [-0.05, 0) is 49.2 Å². The first kappa shape index (κ1) is 18.3. The lowest BCUT2D eigenvalue weighted by Crippen LogP contribution is -2.29. The van der Waals surface area contributed by atoms with Gasteiger partial charge in [-0.25, -0.2) is 4.79 Å². The fourth-order valence-corrected chi connectivity index (χ4v) is 3.22. The number of hydrogen-bond acceptors (Lipinski definition) is 5. The summed E-state index contributed by atoms with van der Waals surface area (Å²) in [6.45, 7) is 0. The van der Waals surface area contributed by atoms with Crippen LogP contribution in [0.5, 0.6) is 0 Å². The molecule has 1 aliphatic carbocycles. The van der Waals surface area contributed by atoms with Gasteiger partial charge < -0.3 is 14.6 Å². The molecule has 6 nitrogen and oxygen atoms in total. The van der Waals surface area contributed by atoms with Gasteiger partial charge in [0, 0.05) is 16.7 Å². The van der Waals surface area contributed by atoms with E-state index in [2.05, 4.69) is 10.5 Å². The highest BCUT2D eigenvalue weighted by molar-refractivity contribution is 6.30. The van der Waals surface area contributed by atoms with Gasteiger partial charge in [0.2, 0.25) is 5.91 Å². The molecular weight excluding hydrogens is 380 g/mol. The van der Waals surface area contributed by atoms with Crippen LogP contribution in [0.2, 0.25) is 5.02 Å². The highest BCUT2D eigenvalue weighted by atomic mass is 35.5. The van der Waals surface area contributed by atoms with Crippen molar-refractivity contribution in [1.82, 2.24) is 5.16 Å². The number of hydrogen-bond donors (Lipinski definition) is 1. The number of para-hydroxylation sites is 1. The van der Waals surface area contributed by atoms with Gasteiger partial charge in [0.05, 0.1) is 29.5 Å². The largest absolute Gasteiger partial charge is 0.465 e. The molecule has 3 aromatic rings. The molecule has 7 heteroatoms. The molecule has 1 heterocycles. The maximum absolute atomic E-state index is 13.0. The Balaban J connectivity index is 1.58. The number of amides is 1. The molecule has 0 unspecified atom stereocenters. The number of nitrogens with one attached hydrogen (secondary N) is 1. The molecule has 142 valence electrons. The number of rotatable bonds is 5. The van der Waals surface area contributed by atoms with Gasteiger partial charge in [0.15, 0.2) is 5.76 Å². The minimum absolute atomic E-state index is 0.222. The van der Waals surface area contributed by atoms with Crippen LogP contribution in [0.4, 0.5) is 5.69 Å². The Morgan fingerprint density at radius 3 is 2.54 bits per heavy atom.